The topological polar surface area (TPSA) is 12.4 Å². The van der Waals surface area contributed by atoms with E-state index in [1.165, 1.54) is 6.42 Å². The van der Waals surface area contributed by atoms with Crippen LogP contribution in [0.25, 0.3) is 0 Å². The van der Waals surface area contributed by atoms with E-state index in [1.54, 1.807) is 0 Å². The highest BCUT2D eigenvalue weighted by molar-refractivity contribution is 5.65. The molecular weight excluding hydrogens is 110 g/mol. The highest BCUT2D eigenvalue weighted by Crippen LogP contribution is 2.50. The molecule has 0 spiro atoms. The number of hydrogen-bond donors (Lipinski definition) is 0. The minimum atomic E-state index is 0.568. The summed E-state index contributed by atoms with van der Waals surface area (Å²) in [6, 6.07) is 0. The average molecular weight is 125 g/mol. The molecule has 1 rings (SSSR count). The van der Waals surface area contributed by atoms with Crippen molar-refractivity contribution in [2.24, 2.45) is 16.3 Å². The smallest absolute Gasteiger partial charge is 0.0357 e. The molecule has 0 amide bonds. The maximum absolute atomic E-state index is 4.20. The van der Waals surface area contributed by atoms with Gasteiger partial charge in [0.25, 0.3) is 0 Å². The second kappa shape index (κ2) is 2.13. The molecule has 9 heavy (non-hydrogen) atoms. The van der Waals surface area contributed by atoms with Crippen molar-refractivity contribution in [3.8, 4) is 0 Å². The van der Waals surface area contributed by atoms with E-state index in [2.05, 4.69) is 32.0 Å². The molecule has 0 aliphatic heterocycles. The van der Waals surface area contributed by atoms with E-state index < -0.39 is 0 Å². The zero-order chi connectivity index (χ0) is 6.91. The second-order valence-electron chi connectivity index (χ2n) is 3.45. The lowest BCUT2D eigenvalue weighted by atomic mass is 10.1. The second-order valence-corrected chi connectivity index (χ2v) is 3.45. The SMILES string of the molecule is CCN=CC1CC1(C)C. The number of hydrogen-bond acceptors (Lipinski definition) is 1. The molecule has 1 nitrogen and oxygen atoms in total. The van der Waals surface area contributed by atoms with Crippen LogP contribution in [0.3, 0.4) is 0 Å². The van der Waals surface area contributed by atoms with Gasteiger partial charge in [0.15, 0.2) is 0 Å². The summed E-state index contributed by atoms with van der Waals surface area (Å²) in [7, 11) is 0. The van der Waals surface area contributed by atoms with Gasteiger partial charge in [-0.25, -0.2) is 0 Å². The molecule has 0 saturated heterocycles. The summed E-state index contributed by atoms with van der Waals surface area (Å²) in [5, 5.41) is 0. The Balaban J connectivity index is 2.27. The number of rotatable bonds is 2. The minimum absolute atomic E-state index is 0.568. The fourth-order valence-electron chi connectivity index (χ4n) is 0.995. The largest absolute Gasteiger partial charge is 0.298 e. The Morgan fingerprint density at radius 3 is 2.56 bits per heavy atom. The third-order valence-corrected chi connectivity index (χ3v) is 2.06. The summed E-state index contributed by atoms with van der Waals surface area (Å²) in [4.78, 5) is 4.20. The normalized spacial score (nSPS) is 31.2. The van der Waals surface area contributed by atoms with Crippen LogP contribution >= 0.6 is 0 Å². The number of nitrogens with zero attached hydrogens (tertiary/aromatic N) is 1. The third kappa shape index (κ3) is 1.54. The van der Waals surface area contributed by atoms with Gasteiger partial charge in [-0.2, -0.15) is 0 Å². The molecule has 0 N–H and O–H groups in total. The Kier molecular flexibility index (Phi) is 1.60. The maximum Gasteiger partial charge on any atom is 0.0357 e. The van der Waals surface area contributed by atoms with Crippen LogP contribution in [0.2, 0.25) is 0 Å². The first kappa shape index (κ1) is 6.79. The van der Waals surface area contributed by atoms with E-state index >= 15 is 0 Å². The molecule has 0 aromatic carbocycles. The molecule has 0 radical (unpaired) electrons. The minimum Gasteiger partial charge on any atom is -0.298 e. The molecule has 1 aliphatic carbocycles. The van der Waals surface area contributed by atoms with Crippen LogP contribution in [0.15, 0.2) is 4.99 Å². The molecule has 1 atom stereocenters. The lowest BCUT2D eigenvalue weighted by molar-refractivity contribution is 0.624. The van der Waals surface area contributed by atoms with E-state index in [1.807, 2.05) is 0 Å². The maximum atomic E-state index is 4.20. The van der Waals surface area contributed by atoms with Gasteiger partial charge in [0.05, 0.1) is 0 Å². The van der Waals surface area contributed by atoms with E-state index in [-0.39, 0.29) is 0 Å². The first-order valence-corrected chi connectivity index (χ1v) is 3.67. The molecule has 1 saturated carbocycles. The van der Waals surface area contributed by atoms with Crippen molar-refractivity contribution in [1.29, 1.82) is 0 Å². The highest BCUT2D eigenvalue weighted by atomic mass is 14.7. The highest BCUT2D eigenvalue weighted by Gasteiger charge is 2.43. The van der Waals surface area contributed by atoms with Crippen molar-refractivity contribution in [3.63, 3.8) is 0 Å². The molecule has 1 aliphatic rings. The lowest BCUT2D eigenvalue weighted by Gasteiger charge is -1.94. The molecule has 1 heteroatoms. The zero-order valence-corrected chi connectivity index (χ0v) is 6.52. The van der Waals surface area contributed by atoms with Gasteiger partial charge in [-0.1, -0.05) is 13.8 Å². The van der Waals surface area contributed by atoms with Crippen molar-refractivity contribution in [3.05, 3.63) is 0 Å². The van der Waals surface area contributed by atoms with Gasteiger partial charge in [0, 0.05) is 12.8 Å². The van der Waals surface area contributed by atoms with Crippen LogP contribution in [0, 0.1) is 11.3 Å². The van der Waals surface area contributed by atoms with Gasteiger partial charge in [-0.05, 0) is 24.7 Å². The van der Waals surface area contributed by atoms with Crippen molar-refractivity contribution >= 4 is 6.21 Å². The van der Waals surface area contributed by atoms with Crippen molar-refractivity contribution in [2.45, 2.75) is 27.2 Å². The Bertz CT molecular complexity index is 125. The van der Waals surface area contributed by atoms with Gasteiger partial charge in [-0.3, -0.25) is 4.99 Å². The van der Waals surface area contributed by atoms with E-state index in [9.17, 15) is 0 Å². The Hall–Kier alpha value is -0.330. The van der Waals surface area contributed by atoms with E-state index in [0.29, 0.717) is 5.41 Å². The van der Waals surface area contributed by atoms with E-state index in [4.69, 9.17) is 0 Å². The molecule has 0 aromatic rings. The zero-order valence-electron chi connectivity index (χ0n) is 6.52. The predicted molar refractivity (Wildman–Crippen MR) is 40.9 cm³/mol. The van der Waals surface area contributed by atoms with Crippen LogP contribution in [0.4, 0.5) is 0 Å². The van der Waals surface area contributed by atoms with Crippen molar-refractivity contribution < 1.29 is 0 Å². The summed E-state index contributed by atoms with van der Waals surface area (Å²) in [6.45, 7) is 7.59. The van der Waals surface area contributed by atoms with Gasteiger partial charge in [0.1, 0.15) is 0 Å². The van der Waals surface area contributed by atoms with Gasteiger partial charge < -0.3 is 0 Å². The summed E-state index contributed by atoms with van der Waals surface area (Å²) in [5.74, 6) is 0.775. The van der Waals surface area contributed by atoms with Gasteiger partial charge >= 0.3 is 0 Å². The summed E-state index contributed by atoms with van der Waals surface area (Å²) >= 11 is 0. The molecular formula is C8H15N. The molecule has 1 fully saturated rings. The average Bonchev–Trinajstić information content (AvgIpc) is 2.35. The van der Waals surface area contributed by atoms with Crippen molar-refractivity contribution in [1.82, 2.24) is 0 Å². The first-order chi connectivity index (χ1) is 4.17. The van der Waals surface area contributed by atoms with Crippen LogP contribution in [-0.4, -0.2) is 12.8 Å². The monoisotopic (exact) mass is 125 g/mol. The van der Waals surface area contributed by atoms with Crippen LogP contribution < -0.4 is 0 Å². The van der Waals surface area contributed by atoms with Gasteiger partial charge in [0.2, 0.25) is 0 Å². The number of aliphatic imine (C=N–C) groups is 1. The molecule has 0 aromatic heterocycles. The molecule has 0 bridgehead atoms. The van der Waals surface area contributed by atoms with Crippen LogP contribution in [0.1, 0.15) is 27.2 Å². The first-order valence-electron chi connectivity index (χ1n) is 3.67. The van der Waals surface area contributed by atoms with Crippen LogP contribution in [0.5, 0.6) is 0 Å². The Morgan fingerprint density at radius 2 is 2.22 bits per heavy atom. The summed E-state index contributed by atoms with van der Waals surface area (Å²) < 4.78 is 0. The van der Waals surface area contributed by atoms with Gasteiger partial charge in [-0.15, -0.1) is 0 Å². The van der Waals surface area contributed by atoms with Crippen LogP contribution in [-0.2, 0) is 0 Å². The molecule has 1 unspecified atom stereocenters. The Morgan fingerprint density at radius 1 is 1.67 bits per heavy atom. The van der Waals surface area contributed by atoms with E-state index in [0.717, 1.165) is 12.5 Å². The quantitative estimate of drug-likeness (QED) is 0.501. The molecule has 52 valence electrons. The third-order valence-electron chi connectivity index (χ3n) is 2.06. The Labute approximate surface area is 57.2 Å². The predicted octanol–water partition coefficient (Wildman–Crippen LogP) is 2.12. The summed E-state index contributed by atoms with van der Waals surface area (Å²) in [6.07, 6.45) is 3.44. The van der Waals surface area contributed by atoms with Crippen molar-refractivity contribution in [2.75, 3.05) is 6.54 Å². The fraction of sp³-hybridized carbons (Fsp3) is 0.875. The summed E-state index contributed by atoms with van der Waals surface area (Å²) in [5.41, 5.74) is 0.568. The fourth-order valence-corrected chi connectivity index (χ4v) is 0.995. The molecule has 0 heterocycles. The standard InChI is InChI=1S/C8H15N/c1-4-9-6-7-5-8(7,2)3/h6-7H,4-5H2,1-3H3. The lowest BCUT2D eigenvalue weighted by Crippen LogP contribution is -1.90.